The fraction of sp³-hybridized carbons (Fsp3) is 0.444. The van der Waals surface area contributed by atoms with E-state index in [1.807, 2.05) is 13.8 Å². The van der Waals surface area contributed by atoms with E-state index in [9.17, 15) is 4.79 Å². The van der Waals surface area contributed by atoms with Crippen LogP contribution in [-0.2, 0) is 0 Å². The van der Waals surface area contributed by atoms with Crippen LogP contribution in [0.4, 0.5) is 10.6 Å². The number of aromatic nitrogens is 2. The lowest BCUT2D eigenvalue weighted by Crippen LogP contribution is -2.42. The SMILES string of the molecule is CC1(C)CNC(=O)N1c1cnc(I)cn1. The van der Waals surface area contributed by atoms with Crippen LogP contribution in [0.1, 0.15) is 13.8 Å². The van der Waals surface area contributed by atoms with Gasteiger partial charge in [0.1, 0.15) is 3.70 Å². The van der Waals surface area contributed by atoms with Crippen molar-refractivity contribution < 1.29 is 4.79 Å². The molecule has 1 saturated heterocycles. The number of nitrogens with zero attached hydrogens (tertiary/aromatic N) is 3. The fourth-order valence-corrected chi connectivity index (χ4v) is 1.84. The number of nitrogens with one attached hydrogen (secondary N) is 1. The zero-order valence-electron chi connectivity index (χ0n) is 8.49. The Balaban J connectivity index is 2.37. The molecular formula is C9H11IN4O. The second kappa shape index (κ2) is 3.58. The summed E-state index contributed by atoms with van der Waals surface area (Å²) in [7, 11) is 0. The predicted molar refractivity (Wildman–Crippen MR) is 64.7 cm³/mol. The lowest BCUT2D eigenvalue weighted by Gasteiger charge is -2.28. The Morgan fingerprint density at radius 3 is 2.67 bits per heavy atom. The first kappa shape index (κ1) is 10.6. The van der Waals surface area contributed by atoms with Crippen molar-refractivity contribution in [1.82, 2.24) is 15.3 Å². The molecule has 1 aromatic rings. The first-order valence-corrected chi connectivity index (χ1v) is 5.64. The summed E-state index contributed by atoms with van der Waals surface area (Å²) in [5.74, 6) is 0.593. The highest BCUT2D eigenvalue weighted by atomic mass is 127. The van der Waals surface area contributed by atoms with Crippen LogP contribution in [0.15, 0.2) is 12.4 Å². The highest BCUT2D eigenvalue weighted by Crippen LogP contribution is 2.25. The number of halogens is 1. The molecule has 15 heavy (non-hydrogen) atoms. The van der Waals surface area contributed by atoms with Crippen molar-refractivity contribution >= 4 is 34.4 Å². The van der Waals surface area contributed by atoms with Crippen molar-refractivity contribution in [2.75, 3.05) is 11.4 Å². The normalized spacial score (nSPS) is 19.1. The second-order valence-corrected chi connectivity index (χ2v) is 5.11. The van der Waals surface area contributed by atoms with Crippen LogP contribution >= 0.6 is 22.6 Å². The molecule has 6 heteroatoms. The molecule has 0 radical (unpaired) electrons. The monoisotopic (exact) mass is 318 g/mol. The highest BCUT2D eigenvalue weighted by molar-refractivity contribution is 14.1. The number of rotatable bonds is 1. The van der Waals surface area contributed by atoms with Gasteiger partial charge in [0, 0.05) is 6.54 Å². The van der Waals surface area contributed by atoms with Crippen molar-refractivity contribution in [3.8, 4) is 0 Å². The summed E-state index contributed by atoms with van der Waals surface area (Å²) in [4.78, 5) is 21.6. The number of amides is 2. The molecule has 1 aromatic heterocycles. The van der Waals surface area contributed by atoms with Gasteiger partial charge in [-0.2, -0.15) is 0 Å². The average molecular weight is 318 g/mol. The molecule has 0 unspecified atom stereocenters. The topological polar surface area (TPSA) is 58.1 Å². The molecule has 2 rings (SSSR count). The summed E-state index contributed by atoms with van der Waals surface area (Å²) in [6, 6.07) is -0.115. The minimum absolute atomic E-state index is 0.115. The highest BCUT2D eigenvalue weighted by Gasteiger charge is 2.39. The maximum absolute atomic E-state index is 11.6. The van der Waals surface area contributed by atoms with E-state index in [2.05, 4.69) is 37.9 Å². The molecule has 1 aliphatic heterocycles. The van der Waals surface area contributed by atoms with Crippen molar-refractivity contribution in [1.29, 1.82) is 0 Å². The van der Waals surface area contributed by atoms with E-state index in [1.54, 1.807) is 17.3 Å². The third kappa shape index (κ3) is 1.90. The zero-order chi connectivity index (χ0) is 11.1. The first-order chi connectivity index (χ1) is 7.00. The summed E-state index contributed by atoms with van der Waals surface area (Å²) >= 11 is 2.08. The lowest BCUT2D eigenvalue weighted by atomic mass is 10.1. The van der Waals surface area contributed by atoms with Gasteiger partial charge in [0.25, 0.3) is 0 Å². The van der Waals surface area contributed by atoms with Crippen LogP contribution in [-0.4, -0.2) is 28.1 Å². The predicted octanol–water partition coefficient (Wildman–Crippen LogP) is 1.39. The molecule has 1 aliphatic rings. The summed E-state index contributed by atoms with van der Waals surface area (Å²) < 4.78 is 0.814. The van der Waals surface area contributed by atoms with Gasteiger partial charge in [-0.25, -0.2) is 14.8 Å². The van der Waals surface area contributed by atoms with Gasteiger partial charge in [-0.15, -0.1) is 0 Å². The Kier molecular flexibility index (Phi) is 2.53. The van der Waals surface area contributed by atoms with Crippen molar-refractivity contribution in [2.24, 2.45) is 0 Å². The number of anilines is 1. The summed E-state index contributed by atoms with van der Waals surface area (Å²) in [6.07, 6.45) is 3.27. The molecule has 0 aliphatic carbocycles. The van der Waals surface area contributed by atoms with Gasteiger partial charge >= 0.3 is 6.03 Å². The van der Waals surface area contributed by atoms with Gasteiger partial charge in [-0.1, -0.05) is 0 Å². The Morgan fingerprint density at radius 1 is 1.47 bits per heavy atom. The molecule has 1 N–H and O–H groups in total. The second-order valence-electron chi connectivity index (χ2n) is 4.00. The van der Waals surface area contributed by atoms with Crippen molar-refractivity contribution in [2.45, 2.75) is 19.4 Å². The Hall–Kier alpha value is -0.920. The molecular weight excluding hydrogens is 307 g/mol. The van der Waals surface area contributed by atoms with E-state index in [0.29, 0.717) is 12.4 Å². The van der Waals surface area contributed by atoms with Crippen LogP contribution in [0.2, 0.25) is 0 Å². The van der Waals surface area contributed by atoms with Crippen LogP contribution in [0.5, 0.6) is 0 Å². The Labute approximate surface area is 101 Å². The number of hydrogen-bond acceptors (Lipinski definition) is 3. The van der Waals surface area contributed by atoms with Crippen molar-refractivity contribution in [3.63, 3.8) is 0 Å². The van der Waals surface area contributed by atoms with E-state index in [-0.39, 0.29) is 11.6 Å². The number of carbonyl (C=O) groups excluding carboxylic acids is 1. The zero-order valence-corrected chi connectivity index (χ0v) is 10.6. The first-order valence-electron chi connectivity index (χ1n) is 4.56. The van der Waals surface area contributed by atoms with Gasteiger partial charge in [0.2, 0.25) is 0 Å². The van der Waals surface area contributed by atoms with Crippen LogP contribution in [0, 0.1) is 3.70 Å². The van der Waals surface area contributed by atoms with Gasteiger partial charge in [0.15, 0.2) is 5.82 Å². The molecule has 2 heterocycles. The van der Waals surface area contributed by atoms with Crippen LogP contribution < -0.4 is 10.2 Å². The summed E-state index contributed by atoms with van der Waals surface area (Å²) in [5.41, 5.74) is -0.251. The van der Waals surface area contributed by atoms with Gasteiger partial charge < -0.3 is 5.32 Å². The van der Waals surface area contributed by atoms with Crippen LogP contribution in [0.25, 0.3) is 0 Å². The molecule has 0 saturated carbocycles. The summed E-state index contributed by atoms with van der Waals surface area (Å²) in [6.45, 7) is 4.61. The largest absolute Gasteiger partial charge is 0.335 e. The third-order valence-electron chi connectivity index (χ3n) is 2.32. The minimum atomic E-state index is -0.251. The van der Waals surface area contributed by atoms with E-state index in [4.69, 9.17) is 0 Å². The number of hydrogen-bond donors (Lipinski definition) is 1. The molecule has 5 nitrogen and oxygen atoms in total. The van der Waals surface area contributed by atoms with Gasteiger partial charge in [-0.3, -0.25) is 4.90 Å². The van der Waals surface area contributed by atoms with E-state index < -0.39 is 0 Å². The van der Waals surface area contributed by atoms with Crippen LogP contribution in [0.3, 0.4) is 0 Å². The standard InChI is InChI=1S/C9H11IN4O/c1-9(2)5-13-8(15)14(9)7-4-11-6(10)3-12-7/h3-4H,5H2,1-2H3,(H,13,15). The van der Waals surface area contributed by atoms with E-state index in [0.717, 1.165) is 3.70 Å². The Morgan fingerprint density at radius 2 is 2.20 bits per heavy atom. The Bertz CT molecular complexity index is 390. The molecule has 0 bridgehead atoms. The molecule has 0 aromatic carbocycles. The summed E-state index contributed by atoms with van der Waals surface area (Å²) in [5, 5.41) is 2.79. The molecule has 0 spiro atoms. The van der Waals surface area contributed by atoms with Crippen molar-refractivity contribution in [3.05, 3.63) is 16.1 Å². The number of urea groups is 1. The van der Waals surface area contributed by atoms with Gasteiger partial charge in [-0.05, 0) is 36.4 Å². The molecule has 80 valence electrons. The van der Waals surface area contributed by atoms with E-state index in [1.165, 1.54) is 0 Å². The average Bonchev–Trinajstić information content (AvgIpc) is 2.43. The smallest absolute Gasteiger partial charge is 0.323 e. The van der Waals surface area contributed by atoms with E-state index >= 15 is 0 Å². The maximum Gasteiger partial charge on any atom is 0.323 e. The molecule has 0 atom stereocenters. The quantitative estimate of drug-likeness (QED) is 0.796. The third-order valence-corrected chi connectivity index (χ3v) is 2.87. The fourth-order valence-electron chi connectivity index (χ4n) is 1.56. The molecule has 2 amide bonds. The minimum Gasteiger partial charge on any atom is -0.335 e. The number of carbonyl (C=O) groups is 1. The maximum atomic E-state index is 11.6. The van der Waals surface area contributed by atoms with Gasteiger partial charge in [0.05, 0.1) is 17.9 Å². The molecule has 1 fully saturated rings. The lowest BCUT2D eigenvalue weighted by molar-refractivity contribution is 0.251.